The van der Waals surface area contributed by atoms with E-state index in [1.807, 2.05) is 31.0 Å². The van der Waals surface area contributed by atoms with Crippen molar-refractivity contribution in [3.05, 3.63) is 23.3 Å². The van der Waals surface area contributed by atoms with E-state index in [9.17, 15) is 9.59 Å². The molecule has 2 aliphatic rings. The molecule has 0 unspecified atom stereocenters. The average molecular weight is 389 g/mol. The van der Waals surface area contributed by atoms with Crippen LogP contribution in [0, 0.1) is 12.8 Å². The lowest BCUT2D eigenvalue weighted by Gasteiger charge is -2.33. The second-order valence-electron chi connectivity index (χ2n) is 8.22. The summed E-state index contributed by atoms with van der Waals surface area (Å²) in [4.78, 5) is 28.8. The van der Waals surface area contributed by atoms with Crippen LogP contribution in [0.4, 0.5) is 4.79 Å². The molecule has 3 rings (SSSR count). The molecule has 1 saturated heterocycles. The Labute approximate surface area is 167 Å². The van der Waals surface area contributed by atoms with Crippen molar-refractivity contribution >= 4 is 11.9 Å². The van der Waals surface area contributed by atoms with Gasteiger partial charge in [0.25, 0.3) is 5.91 Å². The maximum absolute atomic E-state index is 13.0. The number of carbonyl (C=O) groups excluding carboxylic acids is 2. The van der Waals surface area contributed by atoms with Gasteiger partial charge >= 0.3 is 6.03 Å². The Hall–Kier alpha value is -2.28. The molecular formula is C21H31N3O4. The predicted molar refractivity (Wildman–Crippen MR) is 106 cm³/mol. The highest BCUT2D eigenvalue weighted by atomic mass is 16.5. The van der Waals surface area contributed by atoms with Gasteiger partial charge < -0.3 is 14.8 Å². The molecule has 1 saturated carbocycles. The molecule has 0 bridgehead atoms. The fourth-order valence-corrected chi connectivity index (χ4v) is 4.17. The Morgan fingerprint density at radius 1 is 1.18 bits per heavy atom. The molecular weight excluding hydrogens is 358 g/mol. The molecule has 7 nitrogen and oxygen atoms in total. The third kappa shape index (κ3) is 3.81. The van der Waals surface area contributed by atoms with Crippen molar-refractivity contribution in [3.63, 3.8) is 0 Å². The number of hydrogen-bond acceptors (Lipinski definition) is 5. The van der Waals surface area contributed by atoms with Crippen LogP contribution in [0.3, 0.4) is 0 Å². The molecule has 2 fully saturated rings. The van der Waals surface area contributed by atoms with Gasteiger partial charge in [0, 0.05) is 6.54 Å². The summed E-state index contributed by atoms with van der Waals surface area (Å²) in [5, 5.41) is 2.98. The summed E-state index contributed by atoms with van der Waals surface area (Å²) in [5.41, 5.74) is 1.44. The molecule has 1 heterocycles. The van der Waals surface area contributed by atoms with Crippen LogP contribution < -0.4 is 14.8 Å². The number of amides is 3. The normalized spacial score (nSPS) is 24.8. The van der Waals surface area contributed by atoms with Crippen LogP contribution in [-0.4, -0.2) is 55.2 Å². The Kier molecular flexibility index (Phi) is 5.84. The van der Waals surface area contributed by atoms with Crippen LogP contribution in [0.1, 0.15) is 43.7 Å². The minimum atomic E-state index is -0.691. The summed E-state index contributed by atoms with van der Waals surface area (Å²) in [6.07, 6.45) is 3.41. The van der Waals surface area contributed by atoms with E-state index in [1.165, 1.54) is 4.90 Å². The van der Waals surface area contributed by atoms with E-state index in [0.717, 1.165) is 36.8 Å². The lowest BCUT2D eigenvalue weighted by atomic mass is 9.77. The Morgan fingerprint density at radius 2 is 1.79 bits per heavy atom. The molecule has 0 atom stereocenters. The zero-order valence-electron chi connectivity index (χ0n) is 17.5. The van der Waals surface area contributed by atoms with Gasteiger partial charge in [-0.2, -0.15) is 0 Å². The lowest BCUT2D eigenvalue weighted by Crippen LogP contribution is -2.49. The number of carbonyl (C=O) groups is 2. The highest BCUT2D eigenvalue weighted by Gasteiger charge is 2.52. The minimum absolute atomic E-state index is 0.0831. The number of rotatable bonds is 6. The molecule has 0 aromatic heterocycles. The van der Waals surface area contributed by atoms with Gasteiger partial charge in [-0.25, -0.2) is 9.69 Å². The van der Waals surface area contributed by atoms with Gasteiger partial charge in [0.2, 0.25) is 0 Å². The maximum atomic E-state index is 13.0. The summed E-state index contributed by atoms with van der Waals surface area (Å²) in [7, 11) is 5.13. The minimum Gasteiger partial charge on any atom is -0.493 e. The van der Waals surface area contributed by atoms with E-state index in [1.54, 1.807) is 14.2 Å². The van der Waals surface area contributed by atoms with Crippen molar-refractivity contribution in [3.8, 4) is 11.5 Å². The molecule has 1 N–H and O–H groups in total. The van der Waals surface area contributed by atoms with Gasteiger partial charge in [-0.15, -0.1) is 0 Å². The van der Waals surface area contributed by atoms with Crippen LogP contribution in [0.5, 0.6) is 11.5 Å². The fourth-order valence-electron chi connectivity index (χ4n) is 4.17. The summed E-state index contributed by atoms with van der Waals surface area (Å²) in [6, 6.07) is 3.60. The van der Waals surface area contributed by atoms with Crippen LogP contribution >= 0.6 is 0 Å². The van der Waals surface area contributed by atoms with Crippen LogP contribution in [-0.2, 0) is 11.3 Å². The van der Waals surface area contributed by atoms with Crippen molar-refractivity contribution < 1.29 is 19.1 Å². The number of hydrogen-bond donors (Lipinski definition) is 1. The topological polar surface area (TPSA) is 71.1 Å². The molecule has 1 aliphatic carbocycles. The number of nitrogens with zero attached hydrogens (tertiary/aromatic N) is 2. The van der Waals surface area contributed by atoms with Crippen LogP contribution in [0.15, 0.2) is 12.1 Å². The zero-order valence-corrected chi connectivity index (χ0v) is 17.5. The fraction of sp³-hybridized carbons (Fsp3) is 0.619. The predicted octanol–water partition coefficient (Wildman–Crippen LogP) is 2.90. The van der Waals surface area contributed by atoms with Gasteiger partial charge in [-0.3, -0.25) is 9.69 Å². The quantitative estimate of drug-likeness (QED) is 0.758. The number of nitrogens with one attached hydrogen (secondary N) is 1. The largest absolute Gasteiger partial charge is 0.493 e. The van der Waals surface area contributed by atoms with Crippen molar-refractivity contribution in [2.75, 3.05) is 27.9 Å². The molecule has 3 amide bonds. The molecule has 28 heavy (non-hydrogen) atoms. The molecule has 7 heteroatoms. The van der Waals surface area contributed by atoms with Crippen LogP contribution in [0.25, 0.3) is 0 Å². The second-order valence-corrected chi connectivity index (χ2v) is 8.22. The first-order valence-corrected chi connectivity index (χ1v) is 9.84. The number of ether oxygens (including phenoxy) is 2. The Morgan fingerprint density at radius 3 is 2.39 bits per heavy atom. The smallest absolute Gasteiger partial charge is 0.326 e. The van der Waals surface area contributed by atoms with Crippen molar-refractivity contribution in [1.82, 2.24) is 15.1 Å². The third-order valence-electron chi connectivity index (χ3n) is 6.04. The van der Waals surface area contributed by atoms with E-state index in [0.29, 0.717) is 24.0 Å². The highest BCUT2D eigenvalue weighted by molar-refractivity contribution is 6.07. The number of imide groups is 1. The van der Waals surface area contributed by atoms with Gasteiger partial charge in [-0.05, 0) is 68.8 Å². The van der Waals surface area contributed by atoms with Crippen LogP contribution in [0.2, 0.25) is 0 Å². The SMILES string of the molecule is COc1cc(C)c(CN(C)CN2C(=O)NC3(CCC(C)CC3)C2=O)cc1OC. The van der Waals surface area contributed by atoms with Crippen molar-refractivity contribution in [2.45, 2.75) is 51.6 Å². The molecule has 1 spiro atoms. The molecule has 1 aromatic rings. The first-order valence-electron chi connectivity index (χ1n) is 9.84. The monoisotopic (exact) mass is 389 g/mol. The first kappa shape index (κ1) is 20.5. The summed E-state index contributed by atoms with van der Waals surface area (Å²) in [6.45, 7) is 5.06. The average Bonchev–Trinajstić information content (AvgIpc) is 2.89. The number of methoxy groups -OCH3 is 2. The Bertz CT molecular complexity index is 756. The summed E-state index contributed by atoms with van der Waals surface area (Å²) in [5.74, 6) is 1.89. The van der Waals surface area contributed by atoms with Crippen molar-refractivity contribution in [1.29, 1.82) is 0 Å². The molecule has 1 aliphatic heterocycles. The summed E-state index contributed by atoms with van der Waals surface area (Å²) >= 11 is 0. The first-order chi connectivity index (χ1) is 13.3. The molecule has 154 valence electrons. The molecule has 1 aromatic carbocycles. The summed E-state index contributed by atoms with van der Waals surface area (Å²) < 4.78 is 10.7. The van der Waals surface area contributed by atoms with Gasteiger partial charge in [-0.1, -0.05) is 6.92 Å². The van der Waals surface area contributed by atoms with E-state index >= 15 is 0 Å². The third-order valence-corrected chi connectivity index (χ3v) is 6.04. The maximum Gasteiger partial charge on any atom is 0.326 e. The number of aryl methyl sites for hydroxylation is 1. The van der Waals surface area contributed by atoms with E-state index in [4.69, 9.17) is 9.47 Å². The zero-order chi connectivity index (χ0) is 20.5. The molecule has 0 radical (unpaired) electrons. The number of benzene rings is 1. The highest BCUT2D eigenvalue weighted by Crippen LogP contribution is 2.36. The van der Waals surface area contributed by atoms with E-state index in [2.05, 4.69) is 12.2 Å². The van der Waals surface area contributed by atoms with Gasteiger partial charge in [0.05, 0.1) is 20.9 Å². The van der Waals surface area contributed by atoms with Crippen molar-refractivity contribution in [2.24, 2.45) is 5.92 Å². The second kappa shape index (κ2) is 7.99. The van der Waals surface area contributed by atoms with E-state index in [-0.39, 0.29) is 18.6 Å². The van der Waals surface area contributed by atoms with Gasteiger partial charge in [0.15, 0.2) is 11.5 Å². The lowest BCUT2D eigenvalue weighted by molar-refractivity contribution is -0.134. The number of urea groups is 1. The van der Waals surface area contributed by atoms with E-state index < -0.39 is 5.54 Å². The standard InChI is InChI=1S/C21H31N3O4/c1-14-6-8-21(9-7-14)19(25)24(20(26)22-21)13-23(3)12-16-11-18(28-5)17(27-4)10-15(16)2/h10-11,14H,6-9,12-13H2,1-5H3,(H,22,26). The Balaban J connectivity index is 1.69. The van der Waals surface area contributed by atoms with Gasteiger partial charge in [0.1, 0.15) is 5.54 Å².